The molecule has 44 valence electrons. The quantitative estimate of drug-likeness (QED) is 0.284. The van der Waals surface area contributed by atoms with Crippen LogP contribution in [0.3, 0.4) is 0 Å². The van der Waals surface area contributed by atoms with Crippen LogP contribution in [0.4, 0.5) is 0 Å². The van der Waals surface area contributed by atoms with Crippen LogP contribution in [-0.4, -0.2) is 53.8 Å². The second-order valence-electron chi connectivity index (χ2n) is 0.231. The third-order valence-corrected chi connectivity index (χ3v) is 0. The molecule has 0 aromatic heterocycles. The maximum absolute atomic E-state index is 8.67. The van der Waals surface area contributed by atoms with Crippen LogP contribution in [0.25, 0.3) is 0 Å². The molecule has 7 heavy (non-hydrogen) atoms. The summed E-state index contributed by atoms with van der Waals surface area (Å²) in [5, 5.41) is 0. The van der Waals surface area contributed by atoms with Crippen molar-refractivity contribution in [3.05, 3.63) is 0 Å². The Kier molecular flexibility index (Phi) is 55.2. The average Bonchev–Trinajstić information content (AvgIpc) is 0.811. The van der Waals surface area contributed by atoms with Crippen molar-refractivity contribution < 1.29 is 24.3 Å². The van der Waals surface area contributed by atoms with Gasteiger partial charge in [0.1, 0.15) is 0 Å². The Balaban J connectivity index is -0.0000000150. The van der Waals surface area contributed by atoms with E-state index in [4.69, 9.17) is 13.3 Å². The van der Waals surface area contributed by atoms with Gasteiger partial charge in [0.15, 0.2) is 0 Å². The summed E-state index contributed by atoms with van der Waals surface area (Å²) in [5.41, 5.74) is 0. The van der Waals surface area contributed by atoms with Crippen molar-refractivity contribution >= 4 is 40.9 Å². The van der Waals surface area contributed by atoms with E-state index in [9.17, 15) is 0 Å². The van der Waals surface area contributed by atoms with Gasteiger partial charge in [-0.2, -0.15) is 4.21 Å². The van der Waals surface area contributed by atoms with Crippen LogP contribution in [0.1, 0.15) is 0 Å². The standard InChI is InChI=1S/Na.H2O3S.2H2O.H/c;1-4(2)3;;;/h;(H2,1,2,3);2*1H2;. The fourth-order valence-corrected chi connectivity index (χ4v) is 0. The van der Waals surface area contributed by atoms with Crippen molar-refractivity contribution in [2.45, 2.75) is 0 Å². The zero-order valence-electron chi connectivity index (χ0n) is 2.71. The minimum absolute atomic E-state index is 0. The minimum atomic E-state index is -2.61. The Morgan fingerprint density at radius 1 is 1.14 bits per heavy atom. The van der Waals surface area contributed by atoms with Crippen molar-refractivity contribution in [2.24, 2.45) is 0 Å². The van der Waals surface area contributed by atoms with E-state index in [2.05, 4.69) is 0 Å². The summed E-state index contributed by atoms with van der Waals surface area (Å²) in [6.07, 6.45) is 0. The SMILES string of the molecule is O.O.O=S(O)O.[NaH]. The van der Waals surface area contributed by atoms with E-state index in [1.165, 1.54) is 0 Å². The predicted octanol–water partition coefficient (Wildman–Crippen LogP) is -2.62. The Morgan fingerprint density at radius 2 is 1.14 bits per heavy atom. The monoisotopic (exact) mass is 142 g/mol. The van der Waals surface area contributed by atoms with Gasteiger partial charge in [-0.05, 0) is 0 Å². The predicted molar refractivity (Wildman–Crippen MR) is 27.8 cm³/mol. The molecule has 0 aliphatic carbocycles. The van der Waals surface area contributed by atoms with Gasteiger partial charge in [0.25, 0.3) is 11.4 Å². The molecule has 0 saturated heterocycles. The second kappa shape index (κ2) is 15.8. The Morgan fingerprint density at radius 3 is 1.14 bits per heavy atom. The van der Waals surface area contributed by atoms with E-state index in [0.717, 1.165) is 0 Å². The summed E-state index contributed by atoms with van der Waals surface area (Å²) in [4.78, 5) is 0. The topological polar surface area (TPSA) is 121 Å². The van der Waals surface area contributed by atoms with E-state index in [1.807, 2.05) is 0 Å². The summed E-state index contributed by atoms with van der Waals surface area (Å²) >= 11 is -2.61. The molecule has 0 amide bonds. The van der Waals surface area contributed by atoms with Gasteiger partial charge in [-0.1, -0.05) is 0 Å². The molecule has 0 rings (SSSR count). The molecule has 0 unspecified atom stereocenters. The molecule has 0 atom stereocenters. The molecule has 0 fully saturated rings. The Labute approximate surface area is 65.1 Å². The van der Waals surface area contributed by atoms with Crippen LogP contribution >= 0.6 is 0 Å². The summed E-state index contributed by atoms with van der Waals surface area (Å²) in [5.74, 6) is 0. The van der Waals surface area contributed by atoms with E-state index in [-0.39, 0.29) is 40.5 Å². The maximum atomic E-state index is 8.67. The molecule has 0 heterocycles. The summed E-state index contributed by atoms with van der Waals surface area (Å²) in [6, 6.07) is 0. The first-order valence-corrected chi connectivity index (χ1v) is 1.60. The molecule has 0 spiro atoms. The molecular formula is H7NaO5S. The van der Waals surface area contributed by atoms with Crippen LogP contribution in [0.15, 0.2) is 0 Å². The number of hydrogen-bond acceptors (Lipinski definition) is 1. The first-order chi connectivity index (χ1) is 1.73. The normalized spacial score (nSPS) is 5.00. The third-order valence-electron chi connectivity index (χ3n) is 0. The van der Waals surface area contributed by atoms with Crippen molar-refractivity contribution in [1.29, 1.82) is 0 Å². The average molecular weight is 142 g/mol. The summed E-state index contributed by atoms with van der Waals surface area (Å²) in [6.45, 7) is 0. The van der Waals surface area contributed by atoms with Crippen LogP contribution in [0.2, 0.25) is 0 Å². The Hall–Kier alpha value is 0.990. The number of hydrogen-bond donors (Lipinski definition) is 2. The third kappa shape index (κ3) is 178. The van der Waals surface area contributed by atoms with Gasteiger partial charge >= 0.3 is 29.6 Å². The van der Waals surface area contributed by atoms with Gasteiger partial charge in [0, 0.05) is 0 Å². The van der Waals surface area contributed by atoms with E-state index >= 15 is 0 Å². The van der Waals surface area contributed by atoms with Crippen molar-refractivity contribution in [1.82, 2.24) is 0 Å². The molecule has 0 bridgehead atoms. The van der Waals surface area contributed by atoms with E-state index in [1.54, 1.807) is 0 Å². The van der Waals surface area contributed by atoms with Gasteiger partial charge < -0.3 is 11.0 Å². The van der Waals surface area contributed by atoms with Gasteiger partial charge in [-0.3, -0.25) is 9.11 Å². The van der Waals surface area contributed by atoms with Gasteiger partial charge in [0.2, 0.25) is 0 Å². The van der Waals surface area contributed by atoms with Crippen molar-refractivity contribution in [3.63, 3.8) is 0 Å². The molecule has 0 aromatic carbocycles. The molecule has 0 radical (unpaired) electrons. The van der Waals surface area contributed by atoms with Crippen molar-refractivity contribution in [3.8, 4) is 0 Å². The fraction of sp³-hybridized carbons (Fsp3) is 0. The number of rotatable bonds is 0. The van der Waals surface area contributed by atoms with Crippen LogP contribution in [0.5, 0.6) is 0 Å². The summed E-state index contributed by atoms with van der Waals surface area (Å²) in [7, 11) is 0. The molecule has 0 aliphatic heterocycles. The van der Waals surface area contributed by atoms with Gasteiger partial charge in [0.05, 0.1) is 0 Å². The first-order valence-electron chi connectivity index (χ1n) is 0.532. The second-order valence-corrected chi connectivity index (χ2v) is 0.692. The molecular weight excluding hydrogens is 135 g/mol. The van der Waals surface area contributed by atoms with Crippen LogP contribution < -0.4 is 0 Å². The fourth-order valence-electron chi connectivity index (χ4n) is 0. The van der Waals surface area contributed by atoms with E-state index < -0.39 is 11.4 Å². The van der Waals surface area contributed by atoms with Crippen molar-refractivity contribution in [2.75, 3.05) is 0 Å². The van der Waals surface area contributed by atoms with Crippen LogP contribution in [-0.2, 0) is 11.4 Å². The molecule has 0 saturated carbocycles. The molecule has 5 nitrogen and oxygen atoms in total. The van der Waals surface area contributed by atoms with E-state index in [0.29, 0.717) is 0 Å². The molecule has 0 aliphatic rings. The summed E-state index contributed by atoms with van der Waals surface area (Å²) < 4.78 is 22.8. The first kappa shape index (κ1) is 24.5. The molecule has 6 N–H and O–H groups in total. The molecule has 0 aromatic rings. The Bertz CT molecular complexity index is 31.1. The van der Waals surface area contributed by atoms with Gasteiger partial charge in [-0.15, -0.1) is 0 Å². The zero-order valence-corrected chi connectivity index (χ0v) is 3.53. The van der Waals surface area contributed by atoms with Crippen LogP contribution in [0, 0.1) is 0 Å². The van der Waals surface area contributed by atoms with Gasteiger partial charge in [-0.25, -0.2) is 0 Å². The molecule has 7 heteroatoms. The zero-order chi connectivity index (χ0) is 3.58.